The predicted octanol–water partition coefficient (Wildman–Crippen LogP) is 3.20. The van der Waals surface area contributed by atoms with Crippen molar-refractivity contribution in [1.82, 2.24) is 9.88 Å². The second-order valence-corrected chi connectivity index (χ2v) is 9.31. The highest BCUT2D eigenvalue weighted by Gasteiger charge is 2.34. The molecular formula is C20H21FN4O3S. The Labute approximate surface area is 169 Å². The lowest BCUT2D eigenvalue weighted by Gasteiger charge is -2.34. The van der Waals surface area contributed by atoms with Gasteiger partial charge in [-0.05, 0) is 56.0 Å². The summed E-state index contributed by atoms with van der Waals surface area (Å²) in [6, 6.07) is 9.78. The van der Waals surface area contributed by atoms with E-state index in [1.807, 2.05) is 6.07 Å². The molecule has 0 spiro atoms. The van der Waals surface area contributed by atoms with Gasteiger partial charge in [0.15, 0.2) is 9.84 Å². The monoisotopic (exact) mass is 416 g/mol. The molecular weight excluding hydrogens is 395 g/mol. The Morgan fingerprint density at radius 1 is 1.31 bits per heavy atom. The molecule has 2 aromatic rings. The van der Waals surface area contributed by atoms with E-state index in [9.17, 15) is 17.6 Å². The standard InChI is InChI=1S/C20H21FN4O3S/c1-14(29(27,28)19-4-2-3-16(21)11-19)15-7-9-25(10-8-15)20(26)24-18-6-5-17(12-22)23-13-18/h2-6,11,13-15H,7-10H2,1H3,(H,24,26)/t14-/m0/s1. The number of benzene rings is 1. The second kappa shape index (κ2) is 8.57. The lowest BCUT2D eigenvalue weighted by Crippen LogP contribution is -2.44. The maximum atomic E-state index is 13.4. The predicted molar refractivity (Wildman–Crippen MR) is 105 cm³/mol. The van der Waals surface area contributed by atoms with Crippen molar-refractivity contribution in [3.63, 3.8) is 0 Å². The van der Waals surface area contributed by atoms with Gasteiger partial charge >= 0.3 is 6.03 Å². The Bertz CT molecular complexity index is 1030. The number of hydrogen-bond acceptors (Lipinski definition) is 5. The summed E-state index contributed by atoms with van der Waals surface area (Å²) in [6.45, 7) is 2.48. The zero-order valence-electron chi connectivity index (χ0n) is 15.9. The molecule has 0 saturated carbocycles. The summed E-state index contributed by atoms with van der Waals surface area (Å²) in [5, 5.41) is 10.8. The Morgan fingerprint density at radius 3 is 2.62 bits per heavy atom. The third kappa shape index (κ3) is 4.71. The summed E-state index contributed by atoms with van der Waals surface area (Å²) in [7, 11) is -3.65. The van der Waals surface area contributed by atoms with Gasteiger partial charge in [0.2, 0.25) is 0 Å². The normalized spacial score (nSPS) is 16.1. The third-order valence-corrected chi connectivity index (χ3v) is 7.51. The van der Waals surface area contributed by atoms with E-state index in [1.54, 1.807) is 17.9 Å². The molecule has 1 saturated heterocycles. The first-order valence-corrected chi connectivity index (χ1v) is 10.8. The minimum atomic E-state index is -3.65. The van der Waals surface area contributed by atoms with Gasteiger partial charge in [-0.1, -0.05) is 6.07 Å². The lowest BCUT2D eigenvalue weighted by atomic mass is 9.94. The summed E-state index contributed by atoms with van der Waals surface area (Å²) in [4.78, 5) is 17.9. The molecule has 1 fully saturated rings. The van der Waals surface area contributed by atoms with Gasteiger partial charge in [-0.3, -0.25) is 0 Å². The molecule has 0 aliphatic carbocycles. The molecule has 0 radical (unpaired) electrons. The number of nitriles is 1. The molecule has 3 rings (SSSR count). The maximum absolute atomic E-state index is 13.4. The molecule has 1 aliphatic rings. The van der Waals surface area contributed by atoms with Crippen molar-refractivity contribution < 1.29 is 17.6 Å². The van der Waals surface area contributed by atoms with Crippen LogP contribution in [0.3, 0.4) is 0 Å². The van der Waals surface area contributed by atoms with Crippen LogP contribution in [-0.2, 0) is 9.84 Å². The molecule has 0 unspecified atom stereocenters. The molecule has 1 atom stereocenters. The quantitative estimate of drug-likeness (QED) is 0.824. The van der Waals surface area contributed by atoms with Gasteiger partial charge in [0, 0.05) is 13.1 Å². The summed E-state index contributed by atoms with van der Waals surface area (Å²) >= 11 is 0. The average Bonchev–Trinajstić information content (AvgIpc) is 2.74. The van der Waals surface area contributed by atoms with Crippen LogP contribution in [0.15, 0.2) is 47.5 Å². The third-order valence-electron chi connectivity index (χ3n) is 5.23. The van der Waals surface area contributed by atoms with E-state index in [-0.39, 0.29) is 22.5 Å². The first-order valence-electron chi connectivity index (χ1n) is 9.23. The van der Waals surface area contributed by atoms with Crippen LogP contribution < -0.4 is 5.32 Å². The van der Waals surface area contributed by atoms with Crippen LogP contribution in [0.25, 0.3) is 0 Å². The number of rotatable bonds is 4. The number of piperidine rings is 1. The van der Waals surface area contributed by atoms with E-state index >= 15 is 0 Å². The van der Waals surface area contributed by atoms with Crippen LogP contribution in [0.4, 0.5) is 14.9 Å². The van der Waals surface area contributed by atoms with Crippen LogP contribution >= 0.6 is 0 Å². The molecule has 0 bridgehead atoms. The summed E-state index contributed by atoms with van der Waals surface area (Å²) < 4.78 is 39.0. The number of nitrogens with one attached hydrogen (secondary N) is 1. The van der Waals surface area contributed by atoms with Crippen LogP contribution in [-0.4, -0.2) is 42.7 Å². The van der Waals surface area contributed by atoms with E-state index in [1.165, 1.54) is 30.5 Å². The van der Waals surface area contributed by atoms with Crippen molar-refractivity contribution in [3.05, 3.63) is 54.1 Å². The molecule has 1 N–H and O–H groups in total. The van der Waals surface area contributed by atoms with Crippen molar-refractivity contribution in [1.29, 1.82) is 5.26 Å². The number of carbonyl (C=O) groups excluding carboxylic acids is 1. The first-order chi connectivity index (χ1) is 13.8. The Kier molecular flexibility index (Phi) is 6.13. The smallest absolute Gasteiger partial charge is 0.321 e. The zero-order valence-corrected chi connectivity index (χ0v) is 16.7. The molecule has 1 aromatic heterocycles. The number of aromatic nitrogens is 1. The number of sulfone groups is 1. The van der Waals surface area contributed by atoms with E-state index in [4.69, 9.17) is 5.26 Å². The first kappa shape index (κ1) is 20.7. The Morgan fingerprint density at radius 2 is 2.03 bits per heavy atom. The molecule has 9 heteroatoms. The minimum Gasteiger partial charge on any atom is -0.325 e. The molecule has 2 amide bonds. The number of pyridine rings is 1. The number of urea groups is 1. The fourth-order valence-corrected chi connectivity index (χ4v) is 5.17. The van der Waals surface area contributed by atoms with Crippen molar-refractivity contribution in [2.45, 2.75) is 29.9 Å². The topological polar surface area (TPSA) is 103 Å². The fourth-order valence-electron chi connectivity index (χ4n) is 3.42. The number of carbonyl (C=O) groups is 1. The fraction of sp³-hybridized carbons (Fsp3) is 0.350. The van der Waals surface area contributed by atoms with Gasteiger partial charge in [-0.2, -0.15) is 5.26 Å². The molecule has 7 nitrogen and oxygen atoms in total. The zero-order chi connectivity index (χ0) is 21.0. The Hall–Kier alpha value is -2.99. The van der Waals surface area contributed by atoms with Crippen molar-refractivity contribution in [2.75, 3.05) is 18.4 Å². The van der Waals surface area contributed by atoms with Crippen LogP contribution in [0, 0.1) is 23.1 Å². The highest BCUT2D eigenvalue weighted by molar-refractivity contribution is 7.92. The van der Waals surface area contributed by atoms with Crippen LogP contribution in [0.2, 0.25) is 0 Å². The molecule has 2 heterocycles. The van der Waals surface area contributed by atoms with Gasteiger partial charge in [-0.15, -0.1) is 0 Å². The van der Waals surface area contributed by atoms with Gasteiger partial charge in [-0.25, -0.2) is 22.6 Å². The van der Waals surface area contributed by atoms with Crippen LogP contribution in [0.5, 0.6) is 0 Å². The largest absolute Gasteiger partial charge is 0.325 e. The molecule has 1 aromatic carbocycles. The average molecular weight is 416 g/mol. The van der Waals surface area contributed by atoms with Gasteiger partial charge < -0.3 is 10.2 Å². The summed E-state index contributed by atoms with van der Waals surface area (Å²) in [5.74, 6) is -0.703. The summed E-state index contributed by atoms with van der Waals surface area (Å²) in [6.07, 6.45) is 2.49. The van der Waals surface area contributed by atoms with E-state index in [0.29, 0.717) is 31.6 Å². The molecule has 152 valence electrons. The van der Waals surface area contributed by atoms with Crippen LogP contribution in [0.1, 0.15) is 25.5 Å². The molecule has 29 heavy (non-hydrogen) atoms. The molecule has 1 aliphatic heterocycles. The van der Waals surface area contributed by atoms with E-state index in [0.717, 1.165) is 6.07 Å². The summed E-state index contributed by atoms with van der Waals surface area (Å²) in [5.41, 5.74) is 0.746. The SMILES string of the molecule is C[C@@H](C1CCN(C(=O)Nc2ccc(C#N)nc2)CC1)S(=O)(=O)c1cccc(F)c1. The highest BCUT2D eigenvalue weighted by Crippen LogP contribution is 2.29. The van der Waals surface area contributed by atoms with Crippen molar-refractivity contribution in [2.24, 2.45) is 5.92 Å². The minimum absolute atomic E-state index is 0.0153. The van der Waals surface area contributed by atoms with E-state index in [2.05, 4.69) is 10.3 Å². The number of anilines is 1. The number of hydrogen-bond donors (Lipinski definition) is 1. The number of likely N-dealkylation sites (tertiary alicyclic amines) is 1. The van der Waals surface area contributed by atoms with Crippen molar-refractivity contribution in [3.8, 4) is 6.07 Å². The Balaban J connectivity index is 1.59. The van der Waals surface area contributed by atoms with Gasteiger partial charge in [0.1, 0.15) is 17.6 Å². The lowest BCUT2D eigenvalue weighted by molar-refractivity contribution is 0.182. The highest BCUT2D eigenvalue weighted by atomic mass is 32.2. The number of nitrogens with zero attached hydrogens (tertiary/aromatic N) is 3. The van der Waals surface area contributed by atoms with Gasteiger partial charge in [0.05, 0.1) is 22.0 Å². The second-order valence-electron chi connectivity index (χ2n) is 7.01. The number of amides is 2. The van der Waals surface area contributed by atoms with Crippen molar-refractivity contribution >= 4 is 21.6 Å². The van der Waals surface area contributed by atoms with E-state index < -0.39 is 20.9 Å². The van der Waals surface area contributed by atoms with Gasteiger partial charge in [0.25, 0.3) is 0 Å². The number of halogens is 1. The maximum Gasteiger partial charge on any atom is 0.321 e.